The first-order chi connectivity index (χ1) is 9.13. The van der Waals surface area contributed by atoms with E-state index in [1.807, 2.05) is 0 Å². The Bertz CT molecular complexity index is 394. The van der Waals surface area contributed by atoms with Crippen molar-refractivity contribution in [1.82, 2.24) is 10.2 Å². The summed E-state index contributed by atoms with van der Waals surface area (Å²) in [6.45, 7) is 9.15. The number of aryl methyl sites for hydroxylation is 1. The van der Waals surface area contributed by atoms with Crippen LogP contribution in [0.25, 0.3) is 0 Å². The Balaban J connectivity index is 1.94. The van der Waals surface area contributed by atoms with E-state index < -0.39 is 0 Å². The van der Waals surface area contributed by atoms with Crippen LogP contribution < -0.4 is 5.32 Å². The van der Waals surface area contributed by atoms with Gasteiger partial charge in [-0.05, 0) is 50.8 Å². The molecule has 0 amide bonds. The van der Waals surface area contributed by atoms with E-state index in [1.165, 1.54) is 50.0 Å². The van der Waals surface area contributed by atoms with Crippen molar-refractivity contribution >= 4 is 0 Å². The minimum Gasteiger partial charge on any atom is -0.316 e. The van der Waals surface area contributed by atoms with Crippen molar-refractivity contribution in [2.24, 2.45) is 5.41 Å². The fraction of sp³-hybridized carbons (Fsp3) is 0.647. The number of benzene rings is 1. The van der Waals surface area contributed by atoms with Crippen LogP contribution >= 0.6 is 0 Å². The molecule has 2 rings (SSSR count). The monoisotopic (exact) mass is 260 g/mol. The molecular formula is C17H28N2. The first-order valence-corrected chi connectivity index (χ1v) is 7.58. The molecule has 1 heterocycles. The standard InChI is InChI=1S/C17H28N2/c1-4-17(9-6-10-18-13-17)14-19(3)12-16-8-5-7-15(2)11-16/h5,7-8,11,18H,4,6,9-10,12-14H2,1-3H3. The summed E-state index contributed by atoms with van der Waals surface area (Å²) >= 11 is 0. The SMILES string of the molecule is CCC1(CN(C)Cc2cccc(C)c2)CCCNC1. The van der Waals surface area contributed by atoms with E-state index in [1.54, 1.807) is 0 Å². The van der Waals surface area contributed by atoms with Crippen LogP contribution in [0.1, 0.15) is 37.3 Å². The van der Waals surface area contributed by atoms with Crippen molar-refractivity contribution in [2.45, 2.75) is 39.7 Å². The lowest BCUT2D eigenvalue weighted by Gasteiger charge is -2.40. The van der Waals surface area contributed by atoms with Crippen molar-refractivity contribution in [1.29, 1.82) is 0 Å². The molecule has 1 fully saturated rings. The molecular weight excluding hydrogens is 232 g/mol. The summed E-state index contributed by atoms with van der Waals surface area (Å²) in [5.74, 6) is 0. The maximum Gasteiger partial charge on any atom is 0.0231 e. The van der Waals surface area contributed by atoms with Crippen LogP contribution in [0.2, 0.25) is 0 Å². The minimum absolute atomic E-state index is 0.483. The Kier molecular flexibility index (Phi) is 5.00. The zero-order valence-electron chi connectivity index (χ0n) is 12.7. The molecule has 19 heavy (non-hydrogen) atoms. The van der Waals surface area contributed by atoms with E-state index in [0.717, 1.165) is 6.54 Å². The Labute approximate surface area is 118 Å². The summed E-state index contributed by atoms with van der Waals surface area (Å²) in [7, 11) is 2.26. The van der Waals surface area contributed by atoms with Crippen LogP contribution in [0.5, 0.6) is 0 Å². The zero-order chi connectivity index (χ0) is 13.7. The lowest BCUT2D eigenvalue weighted by molar-refractivity contribution is 0.125. The van der Waals surface area contributed by atoms with Gasteiger partial charge < -0.3 is 10.2 Å². The molecule has 1 N–H and O–H groups in total. The molecule has 0 bridgehead atoms. The van der Waals surface area contributed by atoms with Crippen LogP contribution in [-0.2, 0) is 6.54 Å². The molecule has 0 radical (unpaired) electrons. The maximum atomic E-state index is 3.58. The van der Waals surface area contributed by atoms with Crippen LogP contribution in [0.4, 0.5) is 0 Å². The minimum atomic E-state index is 0.483. The summed E-state index contributed by atoms with van der Waals surface area (Å²) in [4.78, 5) is 2.49. The highest BCUT2D eigenvalue weighted by molar-refractivity contribution is 5.22. The van der Waals surface area contributed by atoms with Crippen molar-refractivity contribution in [3.8, 4) is 0 Å². The number of hydrogen-bond donors (Lipinski definition) is 1. The van der Waals surface area contributed by atoms with E-state index in [0.29, 0.717) is 5.41 Å². The third-order valence-electron chi connectivity index (χ3n) is 4.45. The van der Waals surface area contributed by atoms with Gasteiger partial charge in [0.15, 0.2) is 0 Å². The predicted molar refractivity (Wildman–Crippen MR) is 82.3 cm³/mol. The van der Waals surface area contributed by atoms with Gasteiger partial charge in [-0.3, -0.25) is 0 Å². The second-order valence-electron chi connectivity index (χ2n) is 6.30. The molecule has 0 saturated carbocycles. The van der Waals surface area contributed by atoms with Gasteiger partial charge in [-0.2, -0.15) is 0 Å². The van der Waals surface area contributed by atoms with Gasteiger partial charge in [0.25, 0.3) is 0 Å². The van der Waals surface area contributed by atoms with Gasteiger partial charge in [-0.1, -0.05) is 36.8 Å². The molecule has 1 saturated heterocycles. The largest absolute Gasteiger partial charge is 0.316 e. The van der Waals surface area contributed by atoms with E-state index in [2.05, 4.69) is 55.4 Å². The fourth-order valence-electron chi connectivity index (χ4n) is 3.33. The molecule has 1 aromatic rings. The molecule has 2 heteroatoms. The Morgan fingerprint density at radius 1 is 1.37 bits per heavy atom. The molecule has 2 nitrogen and oxygen atoms in total. The van der Waals surface area contributed by atoms with Gasteiger partial charge in [0.2, 0.25) is 0 Å². The maximum absolute atomic E-state index is 3.58. The smallest absolute Gasteiger partial charge is 0.0231 e. The fourth-order valence-corrected chi connectivity index (χ4v) is 3.33. The number of nitrogens with zero attached hydrogens (tertiary/aromatic N) is 1. The van der Waals surface area contributed by atoms with E-state index in [9.17, 15) is 0 Å². The van der Waals surface area contributed by atoms with E-state index in [4.69, 9.17) is 0 Å². The molecule has 1 aliphatic rings. The molecule has 1 aliphatic heterocycles. The normalized spacial score (nSPS) is 23.8. The summed E-state index contributed by atoms with van der Waals surface area (Å²) in [5, 5.41) is 3.58. The van der Waals surface area contributed by atoms with E-state index in [-0.39, 0.29) is 0 Å². The molecule has 1 atom stereocenters. The molecule has 106 valence electrons. The van der Waals surface area contributed by atoms with Crippen molar-refractivity contribution < 1.29 is 0 Å². The van der Waals surface area contributed by atoms with Crippen LogP contribution in [0, 0.1) is 12.3 Å². The second kappa shape index (κ2) is 6.53. The number of hydrogen-bond acceptors (Lipinski definition) is 2. The summed E-state index contributed by atoms with van der Waals surface area (Å²) in [6.07, 6.45) is 3.97. The highest BCUT2D eigenvalue weighted by Crippen LogP contribution is 2.31. The van der Waals surface area contributed by atoms with E-state index >= 15 is 0 Å². The number of piperidine rings is 1. The summed E-state index contributed by atoms with van der Waals surface area (Å²) < 4.78 is 0. The van der Waals surface area contributed by atoms with Gasteiger partial charge in [0.05, 0.1) is 0 Å². The summed E-state index contributed by atoms with van der Waals surface area (Å²) in [5.41, 5.74) is 3.27. The first kappa shape index (κ1) is 14.5. The predicted octanol–water partition coefficient (Wildman–Crippen LogP) is 3.21. The van der Waals surface area contributed by atoms with Crippen molar-refractivity contribution in [3.63, 3.8) is 0 Å². The van der Waals surface area contributed by atoms with Crippen molar-refractivity contribution in [2.75, 3.05) is 26.7 Å². The lowest BCUT2D eigenvalue weighted by atomic mass is 9.78. The Hall–Kier alpha value is -0.860. The second-order valence-corrected chi connectivity index (χ2v) is 6.30. The Morgan fingerprint density at radius 2 is 2.21 bits per heavy atom. The van der Waals surface area contributed by atoms with Crippen LogP contribution in [-0.4, -0.2) is 31.6 Å². The van der Waals surface area contributed by atoms with Gasteiger partial charge in [-0.25, -0.2) is 0 Å². The van der Waals surface area contributed by atoms with Crippen LogP contribution in [0.15, 0.2) is 24.3 Å². The highest BCUT2D eigenvalue weighted by atomic mass is 15.1. The quantitative estimate of drug-likeness (QED) is 0.874. The zero-order valence-corrected chi connectivity index (χ0v) is 12.7. The van der Waals surface area contributed by atoms with Crippen molar-refractivity contribution in [3.05, 3.63) is 35.4 Å². The first-order valence-electron chi connectivity index (χ1n) is 7.58. The average Bonchev–Trinajstić information content (AvgIpc) is 2.39. The van der Waals surface area contributed by atoms with Gasteiger partial charge in [0, 0.05) is 19.6 Å². The van der Waals surface area contributed by atoms with Gasteiger partial charge >= 0.3 is 0 Å². The number of rotatable bonds is 5. The summed E-state index contributed by atoms with van der Waals surface area (Å²) in [6, 6.07) is 8.87. The molecule has 0 aliphatic carbocycles. The third-order valence-corrected chi connectivity index (χ3v) is 4.45. The topological polar surface area (TPSA) is 15.3 Å². The van der Waals surface area contributed by atoms with Crippen LogP contribution in [0.3, 0.4) is 0 Å². The number of nitrogens with one attached hydrogen (secondary N) is 1. The van der Waals surface area contributed by atoms with Gasteiger partial charge in [0.1, 0.15) is 0 Å². The lowest BCUT2D eigenvalue weighted by Crippen LogP contribution is -2.46. The molecule has 0 aromatic heterocycles. The average molecular weight is 260 g/mol. The molecule has 1 aromatic carbocycles. The molecule has 0 spiro atoms. The van der Waals surface area contributed by atoms with Gasteiger partial charge in [-0.15, -0.1) is 0 Å². The molecule has 1 unspecified atom stereocenters. The third kappa shape index (κ3) is 4.05. The Morgan fingerprint density at radius 3 is 2.84 bits per heavy atom. The highest BCUT2D eigenvalue weighted by Gasteiger charge is 2.31.